The maximum absolute atomic E-state index is 11.5. The average Bonchev–Trinajstić information content (AvgIpc) is 2.23. The van der Waals surface area contributed by atoms with Crippen molar-refractivity contribution in [3.8, 4) is 0 Å². The molecule has 13 heavy (non-hydrogen) atoms. The molecular weight excluding hydrogens is 164 g/mol. The lowest BCUT2D eigenvalue weighted by molar-refractivity contribution is -0.147. The third-order valence-corrected chi connectivity index (χ3v) is 3.77. The van der Waals surface area contributed by atoms with E-state index >= 15 is 0 Å². The second-order valence-corrected chi connectivity index (χ2v) is 5.19. The smallest absolute Gasteiger partial charge is 0.312 e. The fourth-order valence-electron chi connectivity index (χ4n) is 2.73. The molecule has 0 aromatic carbocycles. The molecule has 0 spiro atoms. The van der Waals surface area contributed by atoms with Crippen molar-refractivity contribution in [3.63, 3.8) is 0 Å². The van der Waals surface area contributed by atoms with Crippen LogP contribution in [0.1, 0.15) is 40.0 Å². The van der Waals surface area contributed by atoms with Crippen LogP contribution in [0.3, 0.4) is 0 Å². The summed E-state index contributed by atoms with van der Waals surface area (Å²) < 4.78 is 5.41. The quantitative estimate of drug-likeness (QED) is 0.538. The van der Waals surface area contributed by atoms with Crippen molar-refractivity contribution in [2.75, 3.05) is 0 Å². The Morgan fingerprint density at radius 2 is 2.08 bits per heavy atom. The van der Waals surface area contributed by atoms with E-state index in [0.717, 1.165) is 18.8 Å². The Labute approximate surface area is 79.7 Å². The average molecular weight is 182 g/mol. The summed E-state index contributed by atoms with van der Waals surface area (Å²) in [4.78, 5) is 11.5. The maximum atomic E-state index is 11.5. The summed E-state index contributed by atoms with van der Waals surface area (Å²) in [5, 5.41) is 0. The molecule has 1 saturated carbocycles. The molecule has 2 fully saturated rings. The van der Waals surface area contributed by atoms with Crippen LogP contribution >= 0.6 is 0 Å². The van der Waals surface area contributed by atoms with E-state index in [1.54, 1.807) is 0 Å². The van der Waals surface area contributed by atoms with Gasteiger partial charge in [-0.15, -0.1) is 0 Å². The van der Waals surface area contributed by atoms with Crippen molar-refractivity contribution in [2.24, 2.45) is 17.3 Å². The monoisotopic (exact) mass is 182 g/mol. The molecule has 3 atom stereocenters. The van der Waals surface area contributed by atoms with E-state index in [-0.39, 0.29) is 17.5 Å². The highest BCUT2D eigenvalue weighted by Gasteiger charge is 2.52. The van der Waals surface area contributed by atoms with Crippen LogP contribution in [-0.4, -0.2) is 12.1 Å². The van der Waals surface area contributed by atoms with Crippen LogP contribution in [0, 0.1) is 17.3 Å². The second kappa shape index (κ2) is 2.73. The minimum Gasteiger partial charge on any atom is -0.462 e. The summed E-state index contributed by atoms with van der Waals surface area (Å²) in [6.45, 7) is 6.29. The van der Waals surface area contributed by atoms with E-state index < -0.39 is 0 Å². The highest BCUT2D eigenvalue weighted by molar-refractivity contribution is 5.78. The minimum atomic E-state index is -0.231. The molecule has 74 valence electrons. The van der Waals surface area contributed by atoms with Gasteiger partial charge in [-0.25, -0.2) is 0 Å². The van der Waals surface area contributed by atoms with Crippen LogP contribution in [-0.2, 0) is 9.53 Å². The van der Waals surface area contributed by atoms with Crippen molar-refractivity contribution >= 4 is 5.97 Å². The van der Waals surface area contributed by atoms with E-state index in [1.165, 1.54) is 6.42 Å². The number of carbonyl (C=O) groups excluding carboxylic acids is 1. The standard InChI is InChI=1S/C11H18O2/c1-7-4-5-8-9(6-7)13-10(12)11(8,2)3/h7-9H,4-6H2,1-3H3/t7-,8-,9+/m1/s1. The SMILES string of the molecule is C[C@@H]1CC[C@@H]2[C@H](C1)OC(=O)C2(C)C. The van der Waals surface area contributed by atoms with E-state index in [4.69, 9.17) is 4.74 Å². The number of hydrogen-bond acceptors (Lipinski definition) is 2. The van der Waals surface area contributed by atoms with Gasteiger partial charge in [0.15, 0.2) is 0 Å². The largest absolute Gasteiger partial charge is 0.462 e. The normalized spacial score (nSPS) is 42.7. The van der Waals surface area contributed by atoms with Gasteiger partial charge >= 0.3 is 5.97 Å². The number of carbonyl (C=O) groups is 1. The molecule has 1 aliphatic carbocycles. The fraction of sp³-hybridized carbons (Fsp3) is 0.909. The zero-order valence-corrected chi connectivity index (χ0v) is 8.67. The molecule has 2 heteroatoms. The summed E-state index contributed by atoms with van der Waals surface area (Å²) in [5.74, 6) is 1.20. The van der Waals surface area contributed by atoms with Gasteiger partial charge in [-0.3, -0.25) is 4.79 Å². The van der Waals surface area contributed by atoms with Gasteiger partial charge in [-0.2, -0.15) is 0 Å². The Morgan fingerprint density at radius 1 is 1.38 bits per heavy atom. The third kappa shape index (κ3) is 1.27. The van der Waals surface area contributed by atoms with Gasteiger partial charge in [-0.05, 0) is 32.6 Å². The number of fused-ring (bicyclic) bond motifs is 1. The summed E-state index contributed by atoms with van der Waals surface area (Å²) in [6.07, 6.45) is 3.69. The van der Waals surface area contributed by atoms with Crippen LogP contribution < -0.4 is 0 Å². The van der Waals surface area contributed by atoms with Gasteiger partial charge in [0.1, 0.15) is 6.10 Å². The number of ether oxygens (including phenoxy) is 1. The summed E-state index contributed by atoms with van der Waals surface area (Å²) in [5.41, 5.74) is -0.231. The van der Waals surface area contributed by atoms with E-state index in [9.17, 15) is 4.79 Å². The van der Waals surface area contributed by atoms with Gasteiger partial charge in [0.25, 0.3) is 0 Å². The lowest BCUT2D eigenvalue weighted by Gasteiger charge is -2.32. The Bertz CT molecular complexity index is 232. The molecule has 0 aromatic rings. The lowest BCUT2D eigenvalue weighted by Crippen LogP contribution is -2.32. The zero-order valence-electron chi connectivity index (χ0n) is 8.67. The van der Waals surface area contributed by atoms with Crippen LogP contribution in [0.15, 0.2) is 0 Å². The van der Waals surface area contributed by atoms with Crippen LogP contribution in [0.4, 0.5) is 0 Å². The van der Waals surface area contributed by atoms with E-state index in [2.05, 4.69) is 6.92 Å². The lowest BCUT2D eigenvalue weighted by atomic mass is 9.70. The first-order chi connectivity index (χ1) is 6.01. The molecule has 1 aliphatic heterocycles. The highest BCUT2D eigenvalue weighted by Crippen LogP contribution is 2.47. The van der Waals surface area contributed by atoms with E-state index in [0.29, 0.717) is 5.92 Å². The molecule has 0 unspecified atom stereocenters. The summed E-state index contributed by atoms with van der Waals surface area (Å²) in [6, 6.07) is 0. The molecule has 2 nitrogen and oxygen atoms in total. The molecule has 0 amide bonds. The zero-order chi connectivity index (χ0) is 9.64. The first-order valence-electron chi connectivity index (χ1n) is 5.23. The van der Waals surface area contributed by atoms with Gasteiger partial charge in [0, 0.05) is 5.92 Å². The first kappa shape index (κ1) is 9.04. The predicted molar refractivity (Wildman–Crippen MR) is 50.2 cm³/mol. The molecule has 0 N–H and O–H groups in total. The van der Waals surface area contributed by atoms with Crippen LogP contribution in [0.5, 0.6) is 0 Å². The van der Waals surface area contributed by atoms with Crippen molar-refractivity contribution in [3.05, 3.63) is 0 Å². The Balaban J connectivity index is 2.18. The Hall–Kier alpha value is -0.530. The molecule has 0 radical (unpaired) electrons. The van der Waals surface area contributed by atoms with Crippen LogP contribution in [0.25, 0.3) is 0 Å². The van der Waals surface area contributed by atoms with Gasteiger partial charge in [0.2, 0.25) is 0 Å². The predicted octanol–water partition coefficient (Wildman–Crippen LogP) is 2.37. The maximum Gasteiger partial charge on any atom is 0.312 e. The molecule has 0 bridgehead atoms. The van der Waals surface area contributed by atoms with Crippen molar-refractivity contribution in [2.45, 2.75) is 46.1 Å². The molecule has 2 rings (SSSR count). The molecule has 2 aliphatic rings. The Morgan fingerprint density at radius 3 is 2.77 bits per heavy atom. The number of rotatable bonds is 0. The highest BCUT2D eigenvalue weighted by atomic mass is 16.6. The van der Waals surface area contributed by atoms with Crippen LogP contribution in [0.2, 0.25) is 0 Å². The second-order valence-electron chi connectivity index (χ2n) is 5.19. The topological polar surface area (TPSA) is 26.3 Å². The van der Waals surface area contributed by atoms with Crippen molar-refractivity contribution in [1.29, 1.82) is 0 Å². The summed E-state index contributed by atoms with van der Waals surface area (Å²) >= 11 is 0. The minimum absolute atomic E-state index is 0.0107. The summed E-state index contributed by atoms with van der Waals surface area (Å²) in [7, 11) is 0. The fourth-order valence-corrected chi connectivity index (χ4v) is 2.73. The third-order valence-electron chi connectivity index (χ3n) is 3.77. The van der Waals surface area contributed by atoms with E-state index in [1.807, 2.05) is 13.8 Å². The molecule has 1 heterocycles. The Kier molecular flexibility index (Phi) is 1.90. The molecule has 1 saturated heterocycles. The van der Waals surface area contributed by atoms with Gasteiger partial charge < -0.3 is 4.74 Å². The number of hydrogen-bond donors (Lipinski definition) is 0. The number of esters is 1. The van der Waals surface area contributed by atoms with Gasteiger partial charge in [0.05, 0.1) is 5.41 Å². The van der Waals surface area contributed by atoms with Gasteiger partial charge in [-0.1, -0.05) is 13.3 Å². The molecular formula is C11H18O2. The van der Waals surface area contributed by atoms with Crippen molar-refractivity contribution in [1.82, 2.24) is 0 Å². The first-order valence-corrected chi connectivity index (χ1v) is 5.23. The molecule has 0 aromatic heterocycles. The van der Waals surface area contributed by atoms with Crippen molar-refractivity contribution < 1.29 is 9.53 Å².